The van der Waals surface area contributed by atoms with Gasteiger partial charge in [-0.1, -0.05) is 19.8 Å². The molecule has 1 aromatic heterocycles. The molecule has 3 heterocycles. The Balaban J connectivity index is 1.46. The summed E-state index contributed by atoms with van der Waals surface area (Å²) < 4.78 is 0. The van der Waals surface area contributed by atoms with Crippen LogP contribution in [-0.2, 0) is 6.54 Å². The van der Waals surface area contributed by atoms with Crippen molar-refractivity contribution in [3.8, 4) is 0 Å². The van der Waals surface area contributed by atoms with E-state index in [0.717, 1.165) is 13.1 Å². The van der Waals surface area contributed by atoms with E-state index in [4.69, 9.17) is 0 Å². The number of anilines is 1. The second kappa shape index (κ2) is 9.00. The third-order valence-corrected chi connectivity index (χ3v) is 6.22. The summed E-state index contributed by atoms with van der Waals surface area (Å²) in [5.74, 6) is 0. The van der Waals surface area contributed by atoms with Crippen LogP contribution in [0.15, 0.2) is 6.20 Å². The number of nitrogens with zero attached hydrogens (tertiary/aromatic N) is 4. The van der Waals surface area contributed by atoms with E-state index in [1.165, 1.54) is 87.8 Å². The zero-order valence-electron chi connectivity index (χ0n) is 14.7. The maximum atomic E-state index is 4.66. The van der Waals surface area contributed by atoms with Crippen LogP contribution in [0.1, 0.15) is 50.3 Å². The molecule has 0 radical (unpaired) electrons. The molecule has 4 nitrogen and oxygen atoms in total. The maximum Gasteiger partial charge on any atom is 0.185 e. The van der Waals surface area contributed by atoms with E-state index in [0.29, 0.717) is 0 Å². The fourth-order valence-electron chi connectivity index (χ4n) is 3.64. The van der Waals surface area contributed by atoms with Crippen molar-refractivity contribution in [2.75, 3.05) is 50.7 Å². The van der Waals surface area contributed by atoms with Crippen LogP contribution in [0.4, 0.5) is 5.13 Å². The number of thiazole rings is 1. The molecule has 0 unspecified atom stereocenters. The van der Waals surface area contributed by atoms with E-state index in [9.17, 15) is 0 Å². The minimum atomic E-state index is 1.07. The molecular weight excluding hydrogens is 304 g/mol. The van der Waals surface area contributed by atoms with Gasteiger partial charge in [0, 0.05) is 43.8 Å². The molecule has 0 amide bonds. The Bertz CT molecular complexity index is 448. The topological polar surface area (TPSA) is 22.6 Å². The minimum Gasteiger partial charge on any atom is -0.348 e. The van der Waals surface area contributed by atoms with E-state index >= 15 is 0 Å². The molecule has 0 aliphatic carbocycles. The van der Waals surface area contributed by atoms with Gasteiger partial charge in [-0.3, -0.25) is 4.90 Å². The SMILES string of the molecule is CCN(CCN1CCCCCC1)Cc1cnc(N2CCCC2)s1. The third kappa shape index (κ3) is 5.16. The van der Waals surface area contributed by atoms with Crippen molar-refractivity contribution in [1.82, 2.24) is 14.8 Å². The Morgan fingerprint density at radius 1 is 1.04 bits per heavy atom. The summed E-state index contributed by atoms with van der Waals surface area (Å²) in [6.45, 7) is 11.9. The highest BCUT2D eigenvalue weighted by Gasteiger charge is 2.17. The third-order valence-electron chi connectivity index (χ3n) is 5.18. The standard InChI is InChI=1S/C18H32N4S/c1-2-20(13-14-21-9-5-3-4-6-10-21)16-17-15-19-18(23-17)22-11-7-8-12-22/h15H,2-14,16H2,1H3. The Labute approximate surface area is 145 Å². The van der Waals surface area contributed by atoms with Crippen LogP contribution in [0.5, 0.6) is 0 Å². The van der Waals surface area contributed by atoms with Gasteiger partial charge in [-0.05, 0) is 45.3 Å². The first-order valence-corrected chi connectivity index (χ1v) is 10.3. The molecule has 1 aromatic rings. The van der Waals surface area contributed by atoms with Crippen molar-refractivity contribution in [1.29, 1.82) is 0 Å². The van der Waals surface area contributed by atoms with E-state index in [-0.39, 0.29) is 0 Å². The van der Waals surface area contributed by atoms with Gasteiger partial charge in [-0.2, -0.15) is 0 Å². The van der Waals surface area contributed by atoms with Gasteiger partial charge in [0.25, 0.3) is 0 Å². The molecule has 0 spiro atoms. The highest BCUT2D eigenvalue weighted by molar-refractivity contribution is 7.15. The fourth-order valence-corrected chi connectivity index (χ4v) is 4.64. The maximum absolute atomic E-state index is 4.66. The summed E-state index contributed by atoms with van der Waals surface area (Å²) in [7, 11) is 0. The van der Waals surface area contributed by atoms with Crippen molar-refractivity contribution >= 4 is 16.5 Å². The van der Waals surface area contributed by atoms with Gasteiger partial charge in [0.2, 0.25) is 0 Å². The molecule has 2 fully saturated rings. The minimum absolute atomic E-state index is 1.07. The molecule has 3 rings (SSSR count). The first-order valence-electron chi connectivity index (χ1n) is 9.49. The molecule has 0 aromatic carbocycles. The second-order valence-corrected chi connectivity index (χ2v) is 8.02. The van der Waals surface area contributed by atoms with Crippen LogP contribution in [0.2, 0.25) is 0 Å². The Kier molecular flexibility index (Phi) is 6.72. The molecule has 0 atom stereocenters. The summed E-state index contributed by atoms with van der Waals surface area (Å²) in [4.78, 5) is 13.8. The lowest BCUT2D eigenvalue weighted by molar-refractivity contribution is 0.209. The van der Waals surface area contributed by atoms with Gasteiger partial charge in [0.05, 0.1) is 0 Å². The monoisotopic (exact) mass is 336 g/mol. The number of rotatable bonds is 7. The number of hydrogen-bond acceptors (Lipinski definition) is 5. The number of aromatic nitrogens is 1. The number of likely N-dealkylation sites (N-methyl/N-ethyl adjacent to an activating group) is 1. The van der Waals surface area contributed by atoms with Crippen LogP contribution >= 0.6 is 11.3 Å². The lowest BCUT2D eigenvalue weighted by Gasteiger charge is -2.25. The molecule has 23 heavy (non-hydrogen) atoms. The van der Waals surface area contributed by atoms with Gasteiger partial charge >= 0.3 is 0 Å². The predicted octanol–water partition coefficient (Wildman–Crippen LogP) is 3.44. The second-order valence-electron chi connectivity index (χ2n) is 6.93. The zero-order valence-corrected chi connectivity index (χ0v) is 15.5. The lowest BCUT2D eigenvalue weighted by atomic mass is 10.2. The molecule has 2 aliphatic rings. The summed E-state index contributed by atoms with van der Waals surface area (Å²) in [5.41, 5.74) is 0. The molecule has 2 aliphatic heterocycles. The van der Waals surface area contributed by atoms with Crippen LogP contribution in [0, 0.1) is 0 Å². The van der Waals surface area contributed by atoms with Crippen LogP contribution < -0.4 is 4.90 Å². The number of likely N-dealkylation sites (tertiary alicyclic amines) is 1. The summed E-state index contributed by atoms with van der Waals surface area (Å²) >= 11 is 1.90. The van der Waals surface area contributed by atoms with Crippen LogP contribution in [-0.4, -0.2) is 60.6 Å². The fraction of sp³-hybridized carbons (Fsp3) is 0.833. The van der Waals surface area contributed by atoms with E-state index < -0.39 is 0 Å². The quantitative estimate of drug-likeness (QED) is 0.761. The summed E-state index contributed by atoms with van der Waals surface area (Å²) in [6.07, 6.45) is 10.4. The van der Waals surface area contributed by atoms with Gasteiger partial charge in [-0.15, -0.1) is 11.3 Å². The lowest BCUT2D eigenvalue weighted by Crippen LogP contribution is -2.35. The molecular formula is C18H32N4S. The Morgan fingerprint density at radius 3 is 2.43 bits per heavy atom. The van der Waals surface area contributed by atoms with Crippen molar-refractivity contribution < 1.29 is 0 Å². The van der Waals surface area contributed by atoms with Crippen molar-refractivity contribution in [3.05, 3.63) is 11.1 Å². The van der Waals surface area contributed by atoms with Crippen molar-refractivity contribution in [2.45, 2.75) is 52.0 Å². The number of hydrogen-bond donors (Lipinski definition) is 0. The van der Waals surface area contributed by atoms with Crippen LogP contribution in [0.3, 0.4) is 0 Å². The molecule has 2 saturated heterocycles. The van der Waals surface area contributed by atoms with Gasteiger partial charge in [0.15, 0.2) is 5.13 Å². The highest BCUT2D eigenvalue weighted by atomic mass is 32.1. The Hall–Kier alpha value is -0.650. The van der Waals surface area contributed by atoms with Gasteiger partial charge in [0.1, 0.15) is 0 Å². The van der Waals surface area contributed by atoms with Crippen LogP contribution in [0.25, 0.3) is 0 Å². The Morgan fingerprint density at radius 2 is 1.74 bits per heavy atom. The van der Waals surface area contributed by atoms with Gasteiger partial charge < -0.3 is 9.80 Å². The predicted molar refractivity (Wildman–Crippen MR) is 99.4 cm³/mol. The van der Waals surface area contributed by atoms with Crippen molar-refractivity contribution in [3.63, 3.8) is 0 Å². The van der Waals surface area contributed by atoms with Crippen molar-refractivity contribution in [2.24, 2.45) is 0 Å². The zero-order chi connectivity index (χ0) is 15.9. The molecule has 0 saturated carbocycles. The van der Waals surface area contributed by atoms with E-state index in [2.05, 4.69) is 32.8 Å². The molecule has 5 heteroatoms. The first-order chi connectivity index (χ1) is 11.3. The smallest absolute Gasteiger partial charge is 0.185 e. The molecule has 0 bridgehead atoms. The average Bonchev–Trinajstić information content (AvgIpc) is 3.19. The average molecular weight is 337 g/mol. The largest absolute Gasteiger partial charge is 0.348 e. The summed E-state index contributed by atoms with van der Waals surface area (Å²) in [6, 6.07) is 0. The molecule has 130 valence electrons. The normalized spacial score (nSPS) is 20.3. The summed E-state index contributed by atoms with van der Waals surface area (Å²) in [5, 5.41) is 1.24. The van der Waals surface area contributed by atoms with Gasteiger partial charge in [-0.25, -0.2) is 4.98 Å². The highest BCUT2D eigenvalue weighted by Crippen LogP contribution is 2.26. The van der Waals surface area contributed by atoms with E-state index in [1.807, 2.05) is 11.3 Å². The van der Waals surface area contributed by atoms with E-state index in [1.54, 1.807) is 0 Å². The first kappa shape index (κ1) is 17.2. The molecule has 0 N–H and O–H groups in total.